The van der Waals surface area contributed by atoms with Gasteiger partial charge in [-0.3, -0.25) is 9.69 Å². The van der Waals surface area contributed by atoms with Crippen molar-refractivity contribution in [3.05, 3.63) is 23.3 Å². The van der Waals surface area contributed by atoms with E-state index in [-0.39, 0.29) is 12.0 Å². The molecule has 1 fully saturated rings. The van der Waals surface area contributed by atoms with E-state index in [1.807, 2.05) is 12.1 Å². The first kappa shape index (κ1) is 16.6. The van der Waals surface area contributed by atoms with E-state index in [4.69, 9.17) is 9.47 Å². The third-order valence-electron chi connectivity index (χ3n) is 4.25. The fraction of sp³-hybridized carbons (Fsp3) is 0.588. The Bertz CT molecular complexity index is 523. The van der Waals surface area contributed by atoms with E-state index < -0.39 is 0 Å². The van der Waals surface area contributed by atoms with E-state index in [9.17, 15) is 4.79 Å². The van der Waals surface area contributed by atoms with Crippen molar-refractivity contribution in [3.8, 4) is 11.5 Å². The Balaban J connectivity index is 1.93. The lowest BCUT2D eigenvalue weighted by Gasteiger charge is -2.32. The van der Waals surface area contributed by atoms with Gasteiger partial charge in [-0.15, -0.1) is 0 Å². The van der Waals surface area contributed by atoms with E-state index in [0.29, 0.717) is 6.54 Å². The number of methoxy groups -OCH3 is 1. The maximum absolute atomic E-state index is 11.4. The standard InChI is InChI=1S/C17H26N2O3/c1-12-9-15(21-4)16(10-13(12)2)22-14-5-7-19(8-6-14)11-17(20)18-3/h9-10,14H,5-8,11H2,1-4H3,(H,18,20). The molecule has 1 aliphatic rings. The minimum absolute atomic E-state index is 0.0650. The Morgan fingerprint density at radius 3 is 2.36 bits per heavy atom. The zero-order valence-electron chi connectivity index (χ0n) is 13.9. The van der Waals surface area contributed by atoms with Gasteiger partial charge in [0.05, 0.1) is 13.7 Å². The second kappa shape index (κ2) is 7.49. The Kier molecular flexibility index (Phi) is 5.66. The van der Waals surface area contributed by atoms with Crippen molar-refractivity contribution in [2.24, 2.45) is 0 Å². The maximum Gasteiger partial charge on any atom is 0.233 e. The van der Waals surface area contributed by atoms with Crippen LogP contribution in [-0.2, 0) is 4.79 Å². The highest BCUT2D eigenvalue weighted by Crippen LogP contribution is 2.32. The van der Waals surface area contributed by atoms with Gasteiger partial charge in [-0.1, -0.05) is 0 Å². The molecule has 122 valence electrons. The van der Waals surface area contributed by atoms with Crippen molar-refractivity contribution in [2.45, 2.75) is 32.8 Å². The number of hydrogen-bond donors (Lipinski definition) is 1. The van der Waals surface area contributed by atoms with Gasteiger partial charge in [0.15, 0.2) is 11.5 Å². The number of hydrogen-bond acceptors (Lipinski definition) is 4. The van der Waals surface area contributed by atoms with Crippen LogP contribution in [0.15, 0.2) is 12.1 Å². The molecule has 0 saturated carbocycles. The van der Waals surface area contributed by atoms with Crippen molar-refractivity contribution >= 4 is 5.91 Å². The summed E-state index contributed by atoms with van der Waals surface area (Å²) in [5.41, 5.74) is 2.40. The molecule has 1 aromatic rings. The number of nitrogens with one attached hydrogen (secondary N) is 1. The van der Waals surface area contributed by atoms with Crippen LogP contribution in [0.3, 0.4) is 0 Å². The average molecular weight is 306 g/mol. The largest absolute Gasteiger partial charge is 0.493 e. The quantitative estimate of drug-likeness (QED) is 0.903. The van der Waals surface area contributed by atoms with Crippen molar-refractivity contribution < 1.29 is 14.3 Å². The number of nitrogens with zero attached hydrogens (tertiary/aromatic N) is 1. The molecular formula is C17H26N2O3. The number of benzene rings is 1. The van der Waals surface area contributed by atoms with Crippen LogP contribution in [0.4, 0.5) is 0 Å². The number of amides is 1. The first-order valence-corrected chi connectivity index (χ1v) is 7.78. The summed E-state index contributed by atoms with van der Waals surface area (Å²) in [6.45, 7) is 6.37. The SMILES string of the molecule is CNC(=O)CN1CCC(Oc2cc(C)c(C)cc2OC)CC1. The zero-order chi connectivity index (χ0) is 16.1. The topological polar surface area (TPSA) is 50.8 Å². The molecule has 0 bridgehead atoms. The highest BCUT2D eigenvalue weighted by atomic mass is 16.5. The summed E-state index contributed by atoms with van der Waals surface area (Å²) in [5.74, 6) is 1.67. The van der Waals surface area contributed by atoms with Crippen molar-refractivity contribution in [3.63, 3.8) is 0 Å². The molecule has 5 heteroatoms. The van der Waals surface area contributed by atoms with Gasteiger partial charge in [-0.05, 0) is 49.9 Å². The van der Waals surface area contributed by atoms with Crippen LogP contribution >= 0.6 is 0 Å². The fourth-order valence-electron chi connectivity index (χ4n) is 2.66. The normalized spacial score (nSPS) is 16.4. The van der Waals surface area contributed by atoms with Gasteiger partial charge in [0.1, 0.15) is 6.10 Å². The molecule has 0 radical (unpaired) electrons. The lowest BCUT2D eigenvalue weighted by molar-refractivity contribution is -0.122. The molecule has 0 aromatic heterocycles. The van der Waals surface area contributed by atoms with Gasteiger partial charge in [0.2, 0.25) is 5.91 Å². The van der Waals surface area contributed by atoms with Crippen LogP contribution in [0.5, 0.6) is 11.5 Å². The predicted molar refractivity (Wildman–Crippen MR) is 86.6 cm³/mol. The number of rotatable bonds is 5. The Morgan fingerprint density at radius 2 is 1.82 bits per heavy atom. The summed E-state index contributed by atoms with van der Waals surface area (Å²) in [4.78, 5) is 13.6. The second-order valence-corrected chi connectivity index (χ2v) is 5.85. The first-order chi connectivity index (χ1) is 10.5. The number of aryl methyl sites for hydroxylation is 2. The summed E-state index contributed by atoms with van der Waals surface area (Å²) in [7, 11) is 3.34. The van der Waals surface area contributed by atoms with Gasteiger partial charge in [-0.25, -0.2) is 0 Å². The summed E-state index contributed by atoms with van der Waals surface area (Å²) >= 11 is 0. The number of likely N-dealkylation sites (N-methyl/N-ethyl adjacent to an activating group) is 1. The van der Waals surface area contributed by atoms with Gasteiger partial charge < -0.3 is 14.8 Å². The fourth-order valence-corrected chi connectivity index (χ4v) is 2.66. The van der Waals surface area contributed by atoms with Gasteiger partial charge in [-0.2, -0.15) is 0 Å². The van der Waals surface area contributed by atoms with E-state index >= 15 is 0 Å². The Morgan fingerprint density at radius 1 is 1.23 bits per heavy atom. The molecule has 2 rings (SSSR count). The van der Waals surface area contributed by atoms with Crippen molar-refractivity contribution in [2.75, 3.05) is 33.8 Å². The Hall–Kier alpha value is -1.75. The third-order valence-corrected chi connectivity index (χ3v) is 4.25. The molecule has 1 aliphatic heterocycles. The molecule has 0 spiro atoms. The molecule has 22 heavy (non-hydrogen) atoms. The number of carbonyl (C=O) groups excluding carboxylic acids is 1. The number of piperidine rings is 1. The summed E-state index contributed by atoms with van der Waals surface area (Å²) < 4.78 is 11.6. The van der Waals surface area contributed by atoms with Crippen LogP contribution in [0.25, 0.3) is 0 Å². The van der Waals surface area contributed by atoms with Crippen LogP contribution < -0.4 is 14.8 Å². The van der Waals surface area contributed by atoms with E-state index in [1.54, 1.807) is 14.2 Å². The minimum Gasteiger partial charge on any atom is -0.493 e. The molecule has 1 heterocycles. The van der Waals surface area contributed by atoms with E-state index in [2.05, 4.69) is 24.1 Å². The van der Waals surface area contributed by atoms with Crippen LogP contribution in [0.1, 0.15) is 24.0 Å². The highest BCUT2D eigenvalue weighted by Gasteiger charge is 2.23. The maximum atomic E-state index is 11.4. The van der Waals surface area contributed by atoms with Crippen LogP contribution in [0, 0.1) is 13.8 Å². The molecule has 0 atom stereocenters. The second-order valence-electron chi connectivity index (χ2n) is 5.85. The zero-order valence-corrected chi connectivity index (χ0v) is 13.9. The number of likely N-dealkylation sites (tertiary alicyclic amines) is 1. The average Bonchev–Trinajstić information content (AvgIpc) is 2.52. The van der Waals surface area contributed by atoms with Crippen LogP contribution in [0.2, 0.25) is 0 Å². The number of ether oxygens (including phenoxy) is 2. The molecule has 1 N–H and O–H groups in total. The molecular weight excluding hydrogens is 280 g/mol. The summed E-state index contributed by atoms with van der Waals surface area (Å²) in [5, 5.41) is 2.66. The molecule has 1 saturated heterocycles. The molecule has 0 unspecified atom stereocenters. The molecule has 1 amide bonds. The Labute approximate surface area is 132 Å². The lowest BCUT2D eigenvalue weighted by Crippen LogP contribution is -2.43. The molecule has 0 aliphatic carbocycles. The lowest BCUT2D eigenvalue weighted by atomic mass is 10.1. The smallest absolute Gasteiger partial charge is 0.233 e. The summed E-state index contributed by atoms with van der Waals surface area (Å²) in [6.07, 6.45) is 2.03. The minimum atomic E-state index is 0.0650. The highest BCUT2D eigenvalue weighted by molar-refractivity contribution is 5.77. The van der Waals surface area contributed by atoms with Crippen molar-refractivity contribution in [1.29, 1.82) is 0 Å². The van der Waals surface area contributed by atoms with Gasteiger partial charge in [0, 0.05) is 20.1 Å². The molecule has 1 aromatic carbocycles. The monoisotopic (exact) mass is 306 g/mol. The van der Waals surface area contributed by atoms with E-state index in [0.717, 1.165) is 37.4 Å². The van der Waals surface area contributed by atoms with E-state index in [1.165, 1.54) is 11.1 Å². The van der Waals surface area contributed by atoms with Gasteiger partial charge in [0.25, 0.3) is 0 Å². The van der Waals surface area contributed by atoms with Crippen LogP contribution in [-0.4, -0.2) is 50.7 Å². The predicted octanol–water partition coefficient (Wildman–Crippen LogP) is 1.90. The first-order valence-electron chi connectivity index (χ1n) is 7.78. The molecule has 5 nitrogen and oxygen atoms in total. The summed E-state index contributed by atoms with van der Waals surface area (Å²) in [6, 6.07) is 4.07. The van der Waals surface area contributed by atoms with Gasteiger partial charge >= 0.3 is 0 Å². The third kappa shape index (κ3) is 4.13. The van der Waals surface area contributed by atoms with Crippen molar-refractivity contribution in [1.82, 2.24) is 10.2 Å². The number of carbonyl (C=O) groups is 1.